The Bertz CT molecular complexity index is 590. The number of nitrogens with zero attached hydrogens (tertiary/aromatic N) is 2. The zero-order valence-electron chi connectivity index (χ0n) is 12.3. The first-order chi connectivity index (χ1) is 10.8. The summed E-state index contributed by atoms with van der Waals surface area (Å²) in [6.45, 7) is 0.0381. The van der Waals surface area contributed by atoms with Crippen LogP contribution in [0.15, 0.2) is 35.1 Å². The van der Waals surface area contributed by atoms with Gasteiger partial charge in [0.15, 0.2) is 6.61 Å². The van der Waals surface area contributed by atoms with Crippen molar-refractivity contribution in [3.63, 3.8) is 0 Å². The minimum atomic E-state index is -0.0622. The summed E-state index contributed by atoms with van der Waals surface area (Å²) in [5.74, 6) is 1.04. The first-order valence-corrected chi connectivity index (χ1v) is 7.60. The third-order valence-electron chi connectivity index (χ3n) is 3.80. The Kier molecular flexibility index (Phi) is 4.68. The molecule has 1 N–H and O–H groups in total. The van der Waals surface area contributed by atoms with Gasteiger partial charge in [-0.05, 0) is 37.1 Å². The lowest BCUT2D eigenvalue weighted by Crippen LogP contribution is -2.38. The largest absolute Gasteiger partial charge is 0.484 e. The van der Waals surface area contributed by atoms with E-state index in [4.69, 9.17) is 9.15 Å². The molecule has 1 saturated carbocycles. The van der Waals surface area contributed by atoms with Crippen molar-refractivity contribution in [3.05, 3.63) is 30.7 Å². The average Bonchev–Trinajstić information content (AvgIpc) is 3.09. The summed E-state index contributed by atoms with van der Waals surface area (Å²) in [6.07, 6.45) is 7.10. The van der Waals surface area contributed by atoms with Gasteiger partial charge in [0, 0.05) is 11.6 Å². The Morgan fingerprint density at radius 2 is 2.00 bits per heavy atom. The molecule has 22 heavy (non-hydrogen) atoms. The SMILES string of the molecule is O=C(COc1ccc(-c2nnco2)cc1)NC1CCCCC1. The standard InChI is InChI=1S/C16H19N3O3/c20-15(18-13-4-2-1-3-5-13)10-21-14-8-6-12(7-9-14)16-19-17-11-22-16/h6-9,11,13H,1-5,10H2,(H,18,20). The van der Waals surface area contributed by atoms with E-state index in [2.05, 4.69) is 15.5 Å². The Balaban J connectivity index is 1.47. The number of carbonyl (C=O) groups excluding carboxylic acids is 1. The van der Waals surface area contributed by atoms with Gasteiger partial charge in [-0.1, -0.05) is 19.3 Å². The highest BCUT2D eigenvalue weighted by molar-refractivity contribution is 5.77. The summed E-state index contributed by atoms with van der Waals surface area (Å²) in [6, 6.07) is 7.52. The Morgan fingerprint density at radius 1 is 1.23 bits per heavy atom. The molecule has 1 aliphatic rings. The van der Waals surface area contributed by atoms with Crippen molar-refractivity contribution in [2.45, 2.75) is 38.1 Å². The minimum Gasteiger partial charge on any atom is -0.484 e. The molecule has 0 aliphatic heterocycles. The highest BCUT2D eigenvalue weighted by Crippen LogP contribution is 2.20. The molecule has 0 spiro atoms. The third kappa shape index (κ3) is 3.84. The molecule has 1 amide bonds. The first kappa shape index (κ1) is 14.6. The van der Waals surface area contributed by atoms with Crippen LogP contribution in [0.3, 0.4) is 0 Å². The molecule has 0 atom stereocenters. The number of hydrogen-bond donors (Lipinski definition) is 1. The van der Waals surface area contributed by atoms with E-state index in [0.717, 1.165) is 18.4 Å². The number of benzene rings is 1. The summed E-state index contributed by atoms with van der Waals surface area (Å²) in [5.41, 5.74) is 0.816. The van der Waals surface area contributed by atoms with Crippen molar-refractivity contribution in [3.8, 4) is 17.2 Å². The van der Waals surface area contributed by atoms with Crippen molar-refractivity contribution >= 4 is 5.91 Å². The Labute approximate surface area is 128 Å². The van der Waals surface area contributed by atoms with Crippen LogP contribution >= 0.6 is 0 Å². The fraction of sp³-hybridized carbons (Fsp3) is 0.438. The second-order valence-corrected chi connectivity index (χ2v) is 5.46. The van der Waals surface area contributed by atoms with Gasteiger partial charge in [-0.25, -0.2) is 0 Å². The van der Waals surface area contributed by atoms with Crippen LogP contribution < -0.4 is 10.1 Å². The fourth-order valence-corrected chi connectivity index (χ4v) is 2.66. The van der Waals surface area contributed by atoms with Crippen LogP contribution in [0.25, 0.3) is 11.5 Å². The number of carbonyl (C=O) groups is 1. The zero-order chi connectivity index (χ0) is 15.2. The Hall–Kier alpha value is -2.37. The zero-order valence-corrected chi connectivity index (χ0v) is 12.3. The van der Waals surface area contributed by atoms with E-state index < -0.39 is 0 Å². The summed E-state index contributed by atoms with van der Waals surface area (Å²) < 4.78 is 10.6. The van der Waals surface area contributed by atoms with Crippen LogP contribution in [0, 0.1) is 0 Å². The predicted molar refractivity (Wildman–Crippen MR) is 80.2 cm³/mol. The highest BCUT2D eigenvalue weighted by atomic mass is 16.5. The molecule has 116 valence electrons. The summed E-state index contributed by atoms with van der Waals surface area (Å²) in [4.78, 5) is 11.9. The third-order valence-corrected chi connectivity index (χ3v) is 3.80. The van der Waals surface area contributed by atoms with Gasteiger partial charge in [0.25, 0.3) is 5.91 Å². The van der Waals surface area contributed by atoms with Crippen LogP contribution in [-0.4, -0.2) is 28.8 Å². The molecule has 2 aromatic rings. The highest BCUT2D eigenvalue weighted by Gasteiger charge is 2.15. The minimum absolute atomic E-state index is 0.0381. The average molecular weight is 301 g/mol. The van der Waals surface area contributed by atoms with Gasteiger partial charge >= 0.3 is 0 Å². The fourth-order valence-electron chi connectivity index (χ4n) is 2.66. The lowest BCUT2D eigenvalue weighted by atomic mass is 9.95. The van der Waals surface area contributed by atoms with Crippen LogP contribution in [0.5, 0.6) is 5.75 Å². The van der Waals surface area contributed by atoms with Crippen molar-refractivity contribution in [2.24, 2.45) is 0 Å². The molecule has 1 aromatic heterocycles. The topological polar surface area (TPSA) is 77.2 Å². The second-order valence-electron chi connectivity index (χ2n) is 5.46. The molecule has 6 nitrogen and oxygen atoms in total. The van der Waals surface area contributed by atoms with Crippen LogP contribution in [0.1, 0.15) is 32.1 Å². The smallest absolute Gasteiger partial charge is 0.258 e. The molecule has 0 saturated heterocycles. The number of nitrogens with one attached hydrogen (secondary N) is 1. The van der Waals surface area contributed by atoms with E-state index in [0.29, 0.717) is 17.7 Å². The normalized spacial score (nSPS) is 15.5. The molecule has 0 unspecified atom stereocenters. The number of aromatic nitrogens is 2. The molecular weight excluding hydrogens is 282 g/mol. The van der Waals surface area contributed by atoms with Gasteiger partial charge < -0.3 is 14.5 Å². The maximum atomic E-state index is 11.9. The number of ether oxygens (including phenoxy) is 1. The van der Waals surface area contributed by atoms with Gasteiger partial charge in [0.1, 0.15) is 5.75 Å². The lowest BCUT2D eigenvalue weighted by Gasteiger charge is -2.22. The summed E-state index contributed by atoms with van der Waals surface area (Å²) in [7, 11) is 0. The first-order valence-electron chi connectivity index (χ1n) is 7.60. The molecule has 1 heterocycles. The van der Waals surface area contributed by atoms with E-state index in [9.17, 15) is 4.79 Å². The maximum Gasteiger partial charge on any atom is 0.258 e. The van der Waals surface area contributed by atoms with Crippen LogP contribution in [-0.2, 0) is 4.79 Å². The van der Waals surface area contributed by atoms with E-state index >= 15 is 0 Å². The number of amides is 1. The number of hydrogen-bond acceptors (Lipinski definition) is 5. The molecule has 6 heteroatoms. The molecule has 3 rings (SSSR count). The molecule has 1 aromatic carbocycles. The molecular formula is C16H19N3O3. The predicted octanol–water partition coefficient (Wildman–Crippen LogP) is 2.56. The van der Waals surface area contributed by atoms with Crippen molar-refractivity contribution in [1.29, 1.82) is 0 Å². The quantitative estimate of drug-likeness (QED) is 0.918. The van der Waals surface area contributed by atoms with Gasteiger partial charge in [-0.15, -0.1) is 10.2 Å². The summed E-state index contributed by atoms with van der Waals surface area (Å²) >= 11 is 0. The van der Waals surface area contributed by atoms with E-state index in [1.165, 1.54) is 25.7 Å². The molecule has 1 aliphatic carbocycles. The van der Waals surface area contributed by atoms with Crippen molar-refractivity contribution < 1.29 is 13.9 Å². The van der Waals surface area contributed by atoms with Gasteiger partial charge in [-0.3, -0.25) is 4.79 Å². The van der Waals surface area contributed by atoms with Gasteiger partial charge in [-0.2, -0.15) is 0 Å². The van der Waals surface area contributed by atoms with Crippen LogP contribution in [0.4, 0.5) is 0 Å². The molecule has 0 bridgehead atoms. The lowest BCUT2D eigenvalue weighted by molar-refractivity contribution is -0.124. The molecule has 1 fully saturated rings. The van der Waals surface area contributed by atoms with E-state index in [1.807, 2.05) is 12.1 Å². The maximum absolute atomic E-state index is 11.9. The van der Waals surface area contributed by atoms with Gasteiger partial charge in [0.2, 0.25) is 12.3 Å². The van der Waals surface area contributed by atoms with Crippen molar-refractivity contribution in [2.75, 3.05) is 6.61 Å². The van der Waals surface area contributed by atoms with Crippen molar-refractivity contribution in [1.82, 2.24) is 15.5 Å². The monoisotopic (exact) mass is 301 g/mol. The number of rotatable bonds is 5. The Morgan fingerprint density at radius 3 is 2.68 bits per heavy atom. The summed E-state index contributed by atoms with van der Waals surface area (Å²) in [5, 5.41) is 10.5. The van der Waals surface area contributed by atoms with Crippen LogP contribution in [0.2, 0.25) is 0 Å². The second kappa shape index (κ2) is 7.06. The van der Waals surface area contributed by atoms with E-state index in [-0.39, 0.29) is 12.5 Å². The van der Waals surface area contributed by atoms with Gasteiger partial charge in [0.05, 0.1) is 0 Å². The molecule has 0 radical (unpaired) electrons. The van der Waals surface area contributed by atoms with E-state index in [1.54, 1.807) is 12.1 Å².